The van der Waals surface area contributed by atoms with Gasteiger partial charge in [0.2, 0.25) is 0 Å². The van der Waals surface area contributed by atoms with Gasteiger partial charge in [0.05, 0.1) is 24.9 Å². The second-order valence-corrected chi connectivity index (χ2v) is 8.20. The molecule has 0 aliphatic rings. The van der Waals surface area contributed by atoms with Crippen LogP contribution in [0.3, 0.4) is 0 Å². The zero-order valence-corrected chi connectivity index (χ0v) is 28.2. The summed E-state index contributed by atoms with van der Waals surface area (Å²) in [4.78, 5) is 31.3. The van der Waals surface area contributed by atoms with Gasteiger partial charge >= 0.3 is 40.5 Å². The molecule has 0 aliphatic carbocycles. The van der Waals surface area contributed by atoms with Crippen LogP contribution in [0.4, 0.5) is 8.78 Å². The van der Waals surface area contributed by atoms with Gasteiger partial charge in [0.25, 0.3) is 5.97 Å². The Hall–Kier alpha value is -0.817. The van der Waals surface area contributed by atoms with Crippen LogP contribution in [0.5, 0.6) is 0 Å². The van der Waals surface area contributed by atoms with E-state index in [4.69, 9.17) is 4.74 Å². The van der Waals surface area contributed by atoms with Crippen molar-refractivity contribution in [1.82, 2.24) is 0 Å². The molecule has 0 saturated carbocycles. The van der Waals surface area contributed by atoms with Crippen LogP contribution < -0.4 is 0 Å². The summed E-state index contributed by atoms with van der Waals surface area (Å²) < 4.78 is 36.5. The van der Waals surface area contributed by atoms with E-state index in [9.17, 15) is 28.3 Å². The molecule has 1 unspecified atom stereocenters. The minimum absolute atomic E-state index is 0.0739. The standard InChI is InChI=1S/C12H14BrFO3.C7H4BrFO.C5H9O2.HI.Zn/c1-2-17-12(16)6-5-11(15)9-4-3-8(13)7-10(9)14;8-6-2-1-5(4-10)7(9)3-6;1-3-5(6)7-4-2;;/h3-4,7,11,15H,2,5-6H2,1H3;1-4H;1,3-4H2,2H3;1H;/q;;-1;;+2/p-1. The molecule has 0 aliphatic heterocycles. The molecule has 0 radical (unpaired) electrons. The third-order valence-corrected chi connectivity index (χ3v) is 4.83. The fraction of sp³-hybridized carbons (Fsp3) is 0.333. The molecule has 0 amide bonds. The molecular formula is C24H27Br2F2IO6Zn. The van der Waals surface area contributed by atoms with Crippen LogP contribution in [0.25, 0.3) is 0 Å². The predicted molar refractivity (Wildman–Crippen MR) is 145 cm³/mol. The Kier molecular flexibility index (Phi) is 24.2. The molecule has 36 heavy (non-hydrogen) atoms. The number of carbonyl (C=O) groups is 3. The summed E-state index contributed by atoms with van der Waals surface area (Å²) in [5.74, 6) is -1.60. The first-order valence-electron chi connectivity index (χ1n) is 10.5. The summed E-state index contributed by atoms with van der Waals surface area (Å²) >= 11 is 9.82. The average Bonchev–Trinajstić information content (AvgIpc) is 2.85. The summed E-state index contributed by atoms with van der Waals surface area (Å²) in [5.41, 5.74) is 0.278. The molecule has 0 spiro atoms. The van der Waals surface area contributed by atoms with E-state index in [0.717, 1.165) is 0 Å². The van der Waals surface area contributed by atoms with E-state index in [1.54, 1.807) is 26.0 Å². The van der Waals surface area contributed by atoms with Crippen molar-refractivity contribution in [2.24, 2.45) is 0 Å². The van der Waals surface area contributed by atoms with Crippen LogP contribution >= 0.6 is 51.6 Å². The van der Waals surface area contributed by atoms with Crippen LogP contribution in [0, 0.1) is 18.6 Å². The van der Waals surface area contributed by atoms with Crippen LogP contribution in [0.2, 0.25) is 0 Å². The molecule has 1 atom stereocenters. The first-order valence-corrected chi connectivity index (χ1v) is 21.1. The number of hydrogen-bond donors (Lipinski definition) is 1. The Bertz CT molecular complexity index is 937. The molecule has 0 fully saturated rings. The van der Waals surface area contributed by atoms with Gasteiger partial charge in [0.15, 0.2) is 6.29 Å². The van der Waals surface area contributed by atoms with Gasteiger partial charge in [-0.1, -0.05) is 44.3 Å². The van der Waals surface area contributed by atoms with Crippen LogP contribution in [0.15, 0.2) is 45.3 Å². The number of benzene rings is 2. The molecule has 0 saturated heterocycles. The van der Waals surface area contributed by atoms with Gasteiger partial charge < -0.3 is 21.5 Å². The number of aliphatic hydroxyl groups excluding tert-OH is 1. The number of aldehydes is 1. The van der Waals surface area contributed by atoms with Gasteiger partial charge in [-0.3, -0.25) is 14.4 Å². The zero-order chi connectivity index (χ0) is 28.1. The minimum atomic E-state index is -0.993. The van der Waals surface area contributed by atoms with Gasteiger partial charge in [-0.15, -0.1) is 0 Å². The number of hydrogen-bond acceptors (Lipinski definition) is 6. The molecule has 0 heterocycles. The molecule has 12 heteroatoms. The number of ether oxygens (including phenoxy) is 2. The van der Waals surface area contributed by atoms with Gasteiger partial charge in [0, 0.05) is 20.9 Å². The number of esters is 2. The van der Waals surface area contributed by atoms with Gasteiger partial charge in [-0.25, -0.2) is 8.78 Å². The van der Waals surface area contributed by atoms with E-state index in [0.29, 0.717) is 28.4 Å². The Labute approximate surface area is 248 Å². The predicted octanol–water partition coefficient (Wildman–Crippen LogP) is 7.02. The Morgan fingerprint density at radius 3 is 1.94 bits per heavy atom. The van der Waals surface area contributed by atoms with Crippen molar-refractivity contribution in [1.29, 1.82) is 0 Å². The van der Waals surface area contributed by atoms with Crippen molar-refractivity contribution in [2.75, 3.05) is 13.2 Å². The SMILES string of the molecule is CCOC(=O)CCC(O)c1ccc(Br)cc1F.O=Cc1ccc(Br)cc1F.[CH2-]CC(=O)OCC.[Zn+][I]. The van der Waals surface area contributed by atoms with E-state index in [1.165, 1.54) is 39.1 Å². The van der Waals surface area contributed by atoms with Crippen molar-refractivity contribution >= 4 is 69.8 Å². The van der Waals surface area contributed by atoms with Gasteiger partial charge in [-0.2, -0.15) is 0 Å². The van der Waals surface area contributed by atoms with E-state index in [1.807, 2.05) is 0 Å². The topological polar surface area (TPSA) is 89.9 Å². The number of rotatable bonds is 8. The number of carbonyl (C=O) groups excluding carboxylic acids is 3. The zero-order valence-electron chi connectivity index (χ0n) is 19.9. The maximum absolute atomic E-state index is 13.5. The van der Waals surface area contributed by atoms with Crippen LogP contribution in [0.1, 0.15) is 55.1 Å². The van der Waals surface area contributed by atoms with E-state index < -0.39 is 17.7 Å². The third kappa shape index (κ3) is 17.6. The molecular weight excluding hydrogens is 774 g/mol. The summed E-state index contributed by atoms with van der Waals surface area (Å²) in [7, 11) is 0. The number of aliphatic hydroxyl groups is 1. The second kappa shape index (κ2) is 23.3. The summed E-state index contributed by atoms with van der Waals surface area (Å²) in [6.45, 7) is 7.57. The molecule has 2 aromatic carbocycles. The fourth-order valence-corrected chi connectivity index (χ4v) is 2.91. The first kappa shape index (κ1) is 37.3. The monoisotopic (exact) mass is 798 g/mol. The maximum atomic E-state index is 13.5. The summed E-state index contributed by atoms with van der Waals surface area (Å²) in [6.07, 6.45) is -0.0511. The summed E-state index contributed by atoms with van der Waals surface area (Å²) in [6, 6.07) is 8.72. The van der Waals surface area contributed by atoms with E-state index in [-0.39, 0.29) is 42.3 Å². The molecule has 0 aromatic heterocycles. The Balaban J connectivity index is 0. The Morgan fingerprint density at radius 2 is 1.53 bits per heavy atom. The fourth-order valence-electron chi connectivity index (χ4n) is 2.25. The van der Waals surface area contributed by atoms with Crippen LogP contribution in [-0.4, -0.2) is 36.5 Å². The van der Waals surface area contributed by atoms with Gasteiger partial charge in [0.1, 0.15) is 11.6 Å². The average molecular weight is 802 g/mol. The molecule has 2 aromatic rings. The van der Waals surface area contributed by atoms with Crippen molar-refractivity contribution in [3.63, 3.8) is 0 Å². The number of halogens is 5. The molecule has 2 rings (SSSR count). The normalized spacial score (nSPS) is 10.2. The van der Waals surface area contributed by atoms with Crippen molar-refractivity contribution < 1.29 is 52.5 Å². The molecule has 1 N–H and O–H groups in total. The van der Waals surface area contributed by atoms with Crippen LogP contribution in [-0.2, 0) is 33.9 Å². The summed E-state index contributed by atoms with van der Waals surface area (Å²) in [5, 5.41) is 9.75. The molecule has 6 nitrogen and oxygen atoms in total. The quantitative estimate of drug-likeness (QED) is 0.102. The molecule has 0 bridgehead atoms. The van der Waals surface area contributed by atoms with Gasteiger partial charge in [-0.05, 0) is 50.6 Å². The first-order chi connectivity index (χ1) is 17.1. The third-order valence-electron chi connectivity index (χ3n) is 3.85. The van der Waals surface area contributed by atoms with Crippen molar-refractivity contribution in [3.05, 3.63) is 75.0 Å². The van der Waals surface area contributed by atoms with E-state index in [2.05, 4.69) is 63.3 Å². The van der Waals surface area contributed by atoms with Crippen molar-refractivity contribution in [3.8, 4) is 0 Å². The molecule has 196 valence electrons. The van der Waals surface area contributed by atoms with Crippen molar-refractivity contribution in [2.45, 2.75) is 39.2 Å². The Morgan fingerprint density at radius 1 is 1.03 bits per heavy atom. The van der Waals surface area contributed by atoms with E-state index >= 15 is 0 Å². The second-order valence-electron chi connectivity index (χ2n) is 6.36.